The maximum atomic E-state index is 5.12. The molecule has 6 heteroatoms. The van der Waals surface area contributed by atoms with Gasteiger partial charge in [-0.2, -0.15) is 4.98 Å². The summed E-state index contributed by atoms with van der Waals surface area (Å²) in [5.41, 5.74) is 0. The Labute approximate surface area is 101 Å². The van der Waals surface area contributed by atoms with Crippen LogP contribution in [0.4, 0.5) is 0 Å². The Bertz CT molecular complexity index is 368. The molecule has 0 bridgehead atoms. The highest BCUT2D eigenvalue weighted by atomic mass is 16.5. The molecule has 2 aliphatic rings. The minimum Gasteiger partial charge on any atom is -0.338 e. The SMILES string of the molecule is Cc1noc(CN2CC(N3CCNCC3)C2)n1. The van der Waals surface area contributed by atoms with Gasteiger partial charge in [0, 0.05) is 45.3 Å². The molecular weight excluding hydrogens is 218 g/mol. The number of nitrogens with one attached hydrogen (secondary N) is 1. The smallest absolute Gasteiger partial charge is 0.240 e. The van der Waals surface area contributed by atoms with E-state index >= 15 is 0 Å². The molecule has 1 N–H and O–H groups in total. The van der Waals surface area contributed by atoms with Gasteiger partial charge in [0.25, 0.3) is 0 Å². The summed E-state index contributed by atoms with van der Waals surface area (Å²) in [5.74, 6) is 1.46. The van der Waals surface area contributed by atoms with Crippen molar-refractivity contribution >= 4 is 0 Å². The third-order valence-electron chi connectivity index (χ3n) is 3.53. The van der Waals surface area contributed by atoms with Gasteiger partial charge < -0.3 is 9.84 Å². The molecular formula is C11H19N5O. The number of nitrogens with zero attached hydrogens (tertiary/aromatic N) is 4. The third kappa shape index (κ3) is 2.48. The third-order valence-corrected chi connectivity index (χ3v) is 3.53. The van der Waals surface area contributed by atoms with Crippen molar-refractivity contribution in [1.82, 2.24) is 25.3 Å². The van der Waals surface area contributed by atoms with Crippen molar-refractivity contribution in [3.8, 4) is 0 Å². The minimum absolute atomic E-state index is 0.721. The zero-order valence-corrected chi connectivity index (χ0v) is 10.2. The van der Waals surface area contributed by atoms with E-state index in [2.05, 4.69) is 25.3 Å². The van der Waals surface area contributed by atoms with Gasteiger partial charge in [-0.15, -0.1) is 0 Å². The van der Waals surface area contributed by atoms with E-state index in [1.807, 2.05) is 6.92 Å². The van der Waals surface area contributed by atoms with Gasteiger partial charge in [-0.1, -0.05) is 5.16 Å². The van der Waals surface area contributed by atoms with E-state index < -0.39 is 0 Å². The van der Waals surface area contributed by atoms with Crippen molar-refractivity contribution in [2.24, 2.45) is 0 Å². The summed E-state index contributed by atoms with van der Waals surface area (Å²) >= 11 is 0. The summed E-state index contributed by atoms with van der Waals surface area (Å²) in [6.45, 7) is 9.51. The first-order valence-electron chi connectivity index (χ1n) is 6.27. The van der Waals surface area contributed by atoms with Crippen molar-refractivity contribution in [2.45, 2.75) is 19.5 Å². The highest BCUT2D eigenvalue weighted by molar-refractivity contribution is 4.92. The number of hydrogen-bond donors (Lipinski definition) is 1. The second-order valence-electron chi connectivity index (χ2n) is 4.87. The van der Waals surface area contributed by atoms with E-state index in [0.717, 1.165) is 50.5 Å². The van der Waals surface area contributed by atoms with Crippen molar-refractivity contribution in [3.05, 3.63) is 11.7 Å². The van der Waals surface area contributed by atoms with Crippen LogP contribution in [-0.2, 0) is 6.54 Å². The molecule has 2 fully saturated rings. The number of aromatic nitrogens is 2. The minimum atomic E-state index is 0.721. The van der Waals surface area contributed by atoms with Crippen LogP contribution >= 0.6 is 0 Å². The van der Waals surface area contributed by atoms with Crippen molar-refractivity contribution in [2.75, 3.05) is 39.3 Å². The standard InChI is InChI=1S/C11H19N5O/c1-9-13-11(17-14-9)8-15-6-10(7-15)16-4-2-12-3-5-16/h10,12H,2-8H2,1H3. The average Bonchev–Trinajstić information content (AvgIpc) is 2.70. The summed E-state index contributed by atoms with van der Waals surface area (Å²) in [5, 5.41) is 7.19. The largest absolute Gasteiger partial charge is 0.338 e. The number of piperazine rings is 1. The van der Waals surface area contributed by atoms with E-state index in [1.54, 1.807) is 0 Å². The Morgan fingerprint density at radius 3 is 2.76 bits per heavy atom. The van der Waals surface area contributed by atoms with E-state index in [9.17, 15) is 0 Å². The average molecular weight is 237 g/mol. The fraction of sp³-hybridized carbons (Fsp3) is 0.818. The Morgan fingerprint density at radius 2 is 2.12 bits per heavy atom. The van der Waals surface area contributed by atoms with Gasteiger partial charge in [-0.3, -0.25) is 9.80 Å². The van der Waals surface area contributed by atoms with Crippen molar-refractivity contribution in [3.63, 3.8) is 0 Å². The predicted octanol–water partition coefficient (Wildman–Crippen LogP) is -0.533. The molecule has 0 spiro atoms. The van der Waals surface area contributed by atoms with Gasteiger partial charge in [0.2, 0.25) is 5.89 Å². The number of aryl methyl sites for hydroxylation is 1. The summed E-state index contributed by atoms with van der Waals surface area (Å²) < 4.78 is 5.12. The monoisotopic (exact) mass is 237 g/mol. The molecule has 17 heavy (non-hydrogen) atoms. The summed E-state index contributed by atoms with van der Waals surface area (Å²) in [7, 11) is 0. The van der Waals surface area contributed by atoms with E-state index in [1.165, 1.54) is 13.1 Å². The fourth-order valence-electron chi connectivity index (χ4n) is 2.55. The van der Waals surface area contributed by atoms with Gasteiger partial charge in [0.05, 0.1) is 6.54 Å². The summed E-state index contributed by atoms with van der Waals surface area (Å²) in [6.07, 6.45) is 0. The maximum Gasteiger partial charge on any atom is 0.240 e. The lowest BCUT2D eigenvalue weighted by Gasteiger charge is -2.46. The number of likely N-dealkylation sites (tertiary alicyclic amines) is 1. The molecule has 2 saturated heterocycles. The van der Waals surface area contributed by atoms with Gasteiger partial charge >= 0.3 is 0 Å². The second-order valence-corrected chi connectivity index (χ2v) is 4.87. The topological polar surface area (TPSA) is 57.4 Å². The second kappa shape index (κ2) is 4.72. The normalized spacial score (nSPS) is 23.8. The lowest BCUT2D eigenvalue weighted by atomic mass is 10.1. The van der Waals surface area contributed by atoms with Crippen molar-refractivity contribution < 1.29 is 4.52 Å². The van der Waals surface area contributed by atoms with E-state index in [0.29, 0.717) is 0 Å². The fourth-order valence-corrected chi connectivity index (χ4v) is 2.55. The van der Waals surface area contributed by atoms with E-state index in [4.69, 9.17) is 4.52 Å². The summed E-state index contributed by atoms with van der Waals surface area (Å²) in [4.78, 5) is 9.16. The quantitative estimate of drug-likeness (QED) is 0.762. The highest BCUT2D eigenvalue weighted by Crippen LogP contribution is 2.17. The first-order valence-corrected chi connectivity index (χ1v) is 6.27. The van der Waals surface area contributed by atoms with Crippen molar-refractivity contribution in [1.29, 1.82) is 0 Å². The molecule has 1 aromatic rings. The van der Waals surface area contributed by atoms with Gasteiger partial charge in [-0.25, -0.2) is 0 Å². The molecule has 1 aromatic heterocycles. The van der Waals surface area contributed by atoms with E-state index in [-0.39, 0.29) is 0 Å². The Balaban J connectivity index is 1.45. The van der Waals surface area contributed by atoms with Crippen LogP contribution in [0.15, 0.2) is 4.52 Å². The van der Waals surface area contributed by atoms with Crippen LogP contribution in [0, 0.1) is 6.92 Å². The molecule has 0 aliphatic carbocycles. The molecule has 0 saturated carbocycles. The van der Waals surface area contributed by atoms with Gasteiger partial charge in [-0.05, 0) is 6.92 Å². The predicted molar refractivity (Wildman–Crippen MR) is 62.5 cm³/mol. The van der Waals surface area contributed by atoms with Crippen LogP contribution in [0.2, 0.25) is 0 Å². The molecule has 3 rings (SSSR count). The molecule has 6 nitrogen and oxygen atoms in total. The molecule has 0 aromatic carbocycles. The molecule has 94 valence electrons. The lowest BCUT2D eigenvalue weighted by molar-refractivity contribution is 0.0165. The maximum absolute atomic E-state index is 5.12. The van der Waals surface area contributed by atoms with Crippen LogP contribution < -0.4 is 5.32 Å². The van der Waals surface area contributed by atoms with Crippen LogP contribution in [0.25, 0.3) is 0 Å². The highest BCUT2D eigenvalue weighted by Gasteiger charge is 2.32. The van der Waals surface area contributed by atoms with Crippen LogP contribution in [0.3, 0.4) is 0 Å². The molecule has 0 atom stereocenters. The first-order chi connectivity index (χ1) is 8.31. The Morgan fingerprint density at radius 1 is 1.35 bits per heavy atom. The first kappa shape index (κ1) is 11.1. The molecule has 3 heterocycles. The van der Waals surface area contributed by atoms with Crippen LogP contribution in [0.5, 0.6) is 0 Å². The van der Waals surface area contributed by atoms with Gasteiger partial charge in [0.15, 0.2) is 5.82 Å². The Kier molecular flexibility index (Phi) is 3.09. The number of hydrogen-bond acceptors (Lipinski definition) is 6. The molecule has 2 aliphatic heterocycles. The lowest BCUT2D eigenvalue weighted by Crippen LogP contribution is -2.62. The molecule has 0 unspecified atom stereocenters. The zero-order valence-electron chi connectivity index (χ0n) is 10.2. The van der Waals surface area contributed by atoms with Crippen LogP contribution in [0.1, 0.15) is 11.7 Å². The molecule has 0 amide bonds. The number of rotatable bonds is 3. The Hall–Kier alpha value is -0.980. The summed E-state index contributed by atoms with van der Waals surface area (Å²) in [6, 6.07) is 0.723. The molecule has 0 radical (unpaired) electrons. The van der Waals surface area contributed by atoms with Crippen LogP contribution in [-0.4, -0.2) is 65.3 Å². The zero-order chi connectivity index (χ0) is 11.7. The van der Waals surface area contributed by atoms with Gasteiger partial charge in [0.1, 0.15) is 0 Å².